The molecule has 2 aromatic carbocycles. The number of nitrogens with zero attached hydrogens (tertiary/aromatic N) is 4. The predicted molar refractivity (Wildman–Crippen MR) is 95.1 cm³/mol. The minimum absolute atomic E-state index is 0.281. The molecule has 0 spiro atoms. The van der Waals surface area contributed by atoms with Crippen LogP contribution >= 0.6 is 11.8 Å². The highest BCUT2D eigenvalue weighted by atomic mass is 32.2. The minimum Gasteiger partial charge on any atom is -0.270 e. The van der Waals surface area contributed by atoms with Crippen molar-refractivity contribution < 1.29 is 4.39 Å². The molecule has 0 aliphatic carbocycles. The lowest BCUT2D eigenvalue weighted by molar-refractivity contribution is 0.627. The van der Waals surface area contributed by atoms with E-state index in [0.717, 1.165) is 16.3 Å². The summed E-state index contributed by atoms with van der Waals surface area (Å²) in [4.78, 5) is 4.33. The highest BCUT2D eigenvalue weighted by Crippen LogP contribution is 2.31. The van der Waals surface area contributed by atoms with Gasteiger partial charge >= 0.3 is 0 Å². The first-order valence-corrected chi connectivity index (χ1v) is 8.48. The van der Waals surface area contributed by atoms with Gasteiger partial charge < -0.3 is 0 Å². The van der Waals surface area contributed by atoms with E-state index in [9.17, 15) is 4.39 Å². The summed E-state index contributed by atoms with van der Waals surface area (Å²) in [7, 11) is 0. The third-order valence-corrected chi connectivity index (χ3v) is 4.48. The van der Waals surface area contributed by atoms with Crippen molar-refractivity contribution in [1.82, 2.24) is 19.7 Å². The van der Waals surface area contributed by atoms with Crippen LogP contribution in [0.2, 0.25) is 0 Å². The van der Waals surface area contributed by atoms with Crippen LogP contribution in [0.25, 0.3) is 17.1 Å². The summed E-state index contributed by atoms with van der Waals surface area (Å²) < 4.78 is 15.3. The standard InChI is InChI=1S/C19H13FN4S/c20-15-9-11-16(12-10-15)24-18(14-6-2-1-3-7-14)22-23-19(24)25-17-8-4-5-13-21-17/h1-13H. The molecule has 0 bridgehead atoms. The van der Waals surface area contributed by atoms with E-state index in [1.54, 1.807) is 18.3 Å². The van der Waals surface area contributed by atoms with Gasteiger partial charge in [0.2, 0.25) is 5.16 Å². The Balaban J connectivity index is 1.84. The van der Waals surface area contributed by atoms with Crippen LogP contribution in [0, 0.1) is 5.82 Å². The number of halogens is 1. The second-order valence-corrected chi connectivity index (χ2v) is 6.24. The van der Waals surface area contributed by atoms with Gasteiger partial charge in [0.25, 0.3) is 0 Å². The summed E-state index contributed by atoms with van der Waals surface area (Å²) in [5, 5.41) is 10.2. The van der Waals surface area contributed by atoms with Crippen LogP contribution < -0.4 is 0 Å². The fraction of sp³-hybridized carbons (Fsp3) is 0. The van der Waals surface area contributed by atoms with Crippen LogP contribution in [0.5, 0.6) is 0 Å². The highest BCUT2D eigenvalue weighted by molar-refractivity contribution is 7.99. The summed E-state index contributed by atoms with van der Waals surface area (Å²) in [5.74, 6) is 0.419. The SMILES string of the molecule is Fc1ccc(-n2c(Sc3ccccn3)nnc2-c2ccccc2)cc1. The van der Waals surface area contributed by atoms with Crippen molar-refractivity contribution in [3.8, 4) is 17.1 Å². The van der Waals surface area contributed by atoms with E-state index in [1.165, 1.54) is 23.9 Å². The van der Waals surface area contributed by atoms with Gasteiger partial charge in [-0.1, -0.05) is 36.4 Å². The number of benzene rings is 2. The quantitative estimate of drug-likeness (QED) is 0.540. The molecule has 2 heterocycles. The number of hydrogen-bond acceptors (Lipinski definition) is 4. The average molecular weight is 348 g/mol. The Bertz CT molecular complexity index is 970. The molecule has 4 rings (SSSR count). The van der Waals surface area contributed by atoms with Gasteiger partial charge in [0.15, 0.2) is 5.82 Å². The molecule has 0 radical (unpaired) electrons. The Morgan fingerprint density at radius 3 is 2.28 bits per heavy atom. The molecule has 0 saturated heterocycles. The van der Waals surface area contributed by atoms with Gasteiger partial charge in [-0.25, -0.2) is 9.37 Å². The molecule has 2 aromatic heterocycles. The Hall–Kier alpha value is -2.99. The van der Waals surface area contributed by atoms with Gasteiger partial charge in [0.05, 0.1) is 0 Å². The van der Waals surface area contributed by atoms with E-state index in [4.69, 9.17) is 0 Å². The van der Waals surface area contributed by atoms with Gasteiger partial charge in [0, 0.05) is 17.4 Å². The molecule has 6 heteroatoms. The number of hydrogen-bond donors (Lipinski definition) is 0. The summed E-state index contributed by atoms with van der Waals surface area (Å²) in [6.45, 7) is 0. The van der Waals surface area contributed by atoms with Crippen molar-refractivity contribution in [1.29, 1.82) is 0 Å². The molecule has 0 amide bonds. The molecule has 0 atom stereocenters. The van der Waals surface area contributed by atoms with E-state index >= 15 is 0 Å². The Morgan fingerprint density at radius 2 is 1.56 bits per heavy atom. The van der Waals surface area contributed by atoms with Crippen LogP contribution in [0.1, 0.15) is 0 Å². The summed E-state index contributed by atoms with van der Waals surface area (Å²) in [5.41, 5.74) is 1.73. The molecule has 0 fully saturated rings. The molecule has 122 valence electrons. The van der Waals surface area contributed by atoms with Crippen molar-refractivity contribution in [2.24, 2.45) is 0 Å². The maximum Gasteiger partial charge on any atom is 0.202 e. The highest BCUT2D eigenvalue weighted by Gasteiger charge is 2.17. The lowest BCUT2D eigenvalue weighted by Gasteiger charge is -2.10. The molecule has 4 aromatic rings. The minimum atomic E-state index is -0.281. The topological polar surface area (TPSA) is 43.6 Å². The average Bonchev–Trinajstić information content (AvgIpc) is 3.07. The maximum absolute atomic E-state index is 13.3. The molecule has 0 aliphatic rings. The van der Waals surface area contributed by atoms with Crippen LogP contribution in [0.4, 0.5) is 4.39 Å². The van der Waals surface area contributed by atoms with E-state index < -0.39 is 0 Å². The van der Waals surface area contributed by atoms with Gasteiger partial charge in [-0.3, -0.25) is 4.57 Å². The van der Waals surface area contributed by atoms with Crippen molar-refractivity contribution in [2.45, 2.75) is 10.2 Å². The van der Waals surface area contributed by atoms with Crippen LogP contribution in [0.15, 0.2) is 89.2 Å². The lowest BCUT2D eigenvalue weighted by Crippen LogP contribution is -1.99. The lowest BCUT2D eigenvalue weighted by atomic mass is 10.2. The van der Waals surface area contributed by atoms with Crippen molar-refractivity contribution in [3.05, 3.63) is 84.8 Å². The van der Waals surface area contributed by atoms with Gasteiger partial charge in [-0.2, -0.15) is 0 Å². The van der Waals surface area contributed by atoms with Crippen LogP contribution in [0.3, 0.4) is 0 Å². The van der Waals surface area contributed by atoms with E-state index in [-0.39, 0.29) is 5.82 Å². The smallest absolute Gasteiger partial charge is 0.202 e. The zero-order valence-corrected chi connectivity index (χ0v) is 13.9. The zero-order chi connectivity index (χ0) is 17.1. The Morgan fingerprint density at radius 1 is 0.800 bits per heavy atom. The predicted octanol–water partition coefficient (Wildman–Crippen LogP) is 4.62. The van der Waals surface area contributed by atoms with E-state index in [1.807, 2.05) is 53.1 Å². The van der Waals surface area contributed by atoms with Crippen molar-refractivity contribution in [3.63, 3.8) is 0 Å². The molecule has 0 saturated carbocycles. The van der Waals surface area contributed by atoms with Crippen LogP contribution in [-0.2, 0) is 0 Å². The van der Waals surface area contributed by atoms with Gasteiger partial charge in [-0.05, 0) is 48.2 Å². The van der Waals surface area contributed by atoms with Crippen LogP contribution in [-0.4, -0.2) is 19.7 Å². The molecular weight excluding hydrogens is 335 g/mol. The normalized spacial score (nSPS) is 10.8. The third-order valence-electron chi connectivity index (χ3n) is 3.58. The molecule has 25 heavy (non-hydrogen) atoms. The van der Waals surface area contributed by atoms with Gasteiger partial charge in [0.1, 0.15) is 10.8 Å². The van der Waals surface area contributed by atoms with Crippen molar-refractivity contribution in [2.75, 3.05) is 0 Å². The van der Waals surface area contributed by atoms with E-state index in [0.29, 0.717) is 11.0 Å². The Kier molecular flexibility index (Phi) is 4.26. The summed E-state index contributed by atoms with van der Waals surface area (Å²) >= 11 is 1.41. The zero-order valence-electron chi connectivity index (χ0n) is 13.1. The monoisotopic (exact) mass is 348 g/mol. The van der Waals surface area contributed by atoms with Gasteiger partial charge in [-0.15, -0.1) is 10.2 Å². The summed E-state index contributed by atoms with van der Waals surface area (Å²) in [6, 6.07) is 21.8. The molecule has 0 N–H and O–H groups in total. The molecular formula is C19H13FN4S. The molecule has 4 nitrogen and oxygen atoms in total. The summed E-state index contributed by atoms with van der Waals surface area (Å²) in [6.07, 6.45) is 1.74. The third kappa shape index (κ3) is 3.29. The molecule has 0 aliphatic heterocycles. The fourth-order valence-electron chi connectivity index (χ4n) is 2.43. The fourth-order valence-corrected chi connectivity index (χ4v) is 3.25. The number of aromatic nitrogens is 4. The Labute approximate surface area is 148 Å². The first kappa shape index (κ1) is 15.5. The molecule has 0 unspecified atom stereocenters. The first-order valence-electron chi connectivity index (χ1n) is 7.67. The largest absolute Gasteiger partial charge is 0.270 e. The number of pyridine rings is 1. The maximum atomic E-state index is 13.3. The first-order chi connectivity index (χ1) is 12.3. The second-order valence-electron chi connectivity index (χ2n) is 5.25. The van der Waals surface area contributed by atoms with Crippen molar-refractivity contribution >= 4 is 11.8 Å². The van der Waals surface area contributed by atoms with E-state index in [2.05, 4.69) is 15.2 Å². The second kappa shape index (κ2) is 6.86. The number of rotatable bonds is 4.